The average Bonchev–Trinajstić information content (AvgIpc) is 3.81. The van der Waals surface area contributed by atoms with Crippen LogP contribution in [0.15, 0.2) is 170 Å². The molecule has 9 aromatic carbocycles. The van der Waals surface area contributed by atoms with E-state index in [1.54, 1.807) is 0 Å². The molecule has 0 saturated heterocycles. The summed E-state index contributed by atoms with van der Waals surface area (Å²) >= 11 is 0. The van der Waals surface area contributed by atoms with Crippen LogP contribution in [-0.2, 0) is 0 Å². The molecule has 0 radical (unpaired) electrons. The van der Waals surface area contributed by atoms with Gasteiger partial charge in [-0.15, -0.1) is 0 Å². The lowest BCUT2D eigenvalue weighted by molar-refractivity contribution is 1.19. The highest BCUT2D eigenvalue weighted by Gasteiger charge is 2.40. The maximum absolute atomic E-state index is 9.12. The van der Waals surface area contributed by atoms with E-state index in [1.165, 1.54) is 5.46 Å². The van der Waals surface area contributed by atoms with Crippen molar-refractivity contribution >= 4 is 88.3 Å². The Kier molecular flexibility index (Phi) is 3.96. The van der Waals surface area contributed by atoms with E-state index in [-0.39, 0.29) is 42.3 Å². The SMILES string of the molecule is [2H]c1c([2H])c([2H])c(-n2c3ccccc3c3cc4c5c(cccc5c32)B2c3c-4cc(C)cc3-c3cc4c5ccccc5n(-c5c([2H])c([2H])c([2H])c([2H])c5[2H])c4c4cccc2c34)c([2H])c1[2H]. The van der Waals surface area contributed by atoms with Crippen molar-refractivity contribution in [2.45, 2.75) is 6.92 Å². The van der Waals surface area contributed by atoms with Crippen molar-refractivity contribution in [1.82, 2.24) is 9.13 Å². The van der Waals surface area contributed by atoms with Gasteiger partial charge in [0.1, 0.15) is 0 Å². The van der Waals surface area contributed by atoms with Crippen molar-refractivity contribution in [3.05, 3.63) is 175 Å². The minimum absolute atomic E-state index is 0.0992. The van der Waals surface area contributed by atoms with Gasteiger partial charge >= 0.3 is 0 Å². The normalized spacial score (nSPS) is 15.5. The topological polar surface area (TPSA) is 9.86 Å². The summed E-state index contributed by atoms with van der Waals surface area (Å²) in [5, 5.41) is 7.49. The summed E-state index contributed by atoms with van der Waals surface area (Å²) in [5.74, 6) is 0. The number of hydrogen-bond acceptors (Lipinski definition) is 0. The van der Waals surface area contributed by atoms with Crippen molar-refractivity contribution in [3.63, 3.8) is 0 Å². The Morgan fingerprint density at radius 3 is 1.37 bits per heavy atom. The van der Waals surface area contributed by atoms with Crippen molar-refractivity contribution in [2.75, 3.05) is 0 Å². The Morgan fingerprint density at radius 2 is 0.889 bits per heavy atom. The van der Waals surface area contributed by atoms with Gasteiger partial charge in [-0.3, -0.25) is 0 Å². The van der Waals surface area contributed by atoms with Gasteiger partial charge in [-0.2, -0.15) is 0 Å². The summed E-state index contributed by atoms with van der Waals surface area (Å²) in [6.07, 6.45) is 0. The Hall–Kier alpha value is -6.84. The summed E-state index contributed by atoms with van der Waals surface area (Å²) in [6.45, 7) is 1.89. The van der Waals surface area contributed by atoms with Crippen LogP contribution in [-0.4, -0.2) is 15.8 Å². The van der Waals surface area contributed by atoms with Gasteiger partial charge in [0, 0.05) is 43.7 Å². The maximum atomic E-state index is 9.12. The third kappa shape index (κ3) is 3.48. The van der Waals surface area contributed by atoms with Crippen LogP contribution >= 0.6 is 0 Å². The highest BCUT2D eigenvalue weighted by Crippen LogP contribution is 2.47. The number of benzene rings is 9. The first-order valence-electron chi connectivity index (χ1n) is 23.2. The van der Waals surface area contributed by atoms with Gasteiger partial charge in [0.2, 0.25) is 6.71 Å². The molecule has 248 valence electrons. The third-order valence-corrected chi connectivity index (χ3v) is 11.9. The van der Waals surface area contributed by atoms with Gasteiger partial charge in [-0.1, -0.05) is 138 Å². The zero-order valence-electron chi connectivity index (χ0n) is 38.9. The minimum atomic E-state index is -0.441. The molecule has 2 nitrogen and oxygen atoms in total. The maximum Gasteiger partial charge on any atom is 0.244 e. The molecular formula is C51H31BN2. The monoisotopic (exact) mass is 692 g/mol. The lowest BCUT2D eigenvalue weighted by atomic mass is 9.31. The van der Waals surface area contributed by atoms with E-state index in [2.05, 4.69) is 67.6 Å². The molecule has 0 atom stereocenters. The van der Waals surface area contributed by atoms with Crippen LogP contribution in [0.4, 0.5) is 0 Å². The molecule has 0 spiro atoms. The summed E-state index contributed by atoms with van der Waals surface area (Å²) in [7, 11) is 0. The summed E-state index contributed by atoms with van der Waals surface area (Å²) < 4.78 is 91.6. The molecular weight excluding hydrogens is 651 g/mol. The fourth-order valence-electron chi connectivity index (χ4n) is 10.0. The largest absolute Gasteiger partial charge is 0.309 e. The predicted molar refractivity (Wildman–Crippen MR) is 230 cm³/mol. The summed E-state index contributed by atoms with van der Waals surface area (Å²) in [5.41, 5.74) is 12.0. The highest BCUT2D eigenvalue weighted by molar-refractivity contribution is 7.01. The van der Waals surface area contributed by atoms with E-state index >= 15 is 0 Å². The van der Waals surface area contributed by atoms with Crippen LogP contribution in [0.2, 0.25) is 0 Å². The molecule has 0 N–H and O–H groups in total. The first-order chi connectivity index (χ1) is 30.9. The molecule has 3 heteroatoms. The zero-order chi connectivity index (χ0) is 43.9. The van der Waals surface area contributed by atoms with E-state index in [9.17, 15) is 0 Å². The molecule has 13 rings (SSSR count). The van der Waals surface area contributed by atoms with Crippen molar-refractivity contribution in [3.8, 4) is 33.6 Å². The number of rotatable bonds is 2. The van der Waals surface area contributed by atoms with E-state index < -0.39 is 36.3 Å². The molecule has 11 aromatic rings. The van der Waals surface area contributed by atoms with Crippen molar-refractivity contribution < 1.29 is 13.7 Å². The standard InChI is InChI=1S/C51H31BN2/c1-30-26-39-37-28-41-33-18-8-10-24-45(33)53(31-14-4-2-5-15-31)50(41)35-20-12-22-43(47(35)37)52-44-23-13-21-36-48(44)38(40(27-30)49(39)52)29-42-34-19-9-11-25-46(34)54(51(36)42)32-16-6-3-7-17-32/h2-29H,1H3/i2D,3D,4D,5D,6D,7D,14D,15D,16D,17D. The number of hydrogen-bond donors (Lipinski definition) is 0. The van der Waals surface area contributed by atoms with Crippen LogP contribution < -0.4 is 16.4 Å². The molecule has 0 aliphatic carbocycles. The van der Waals surface area contributed by atoms with Crippen LogP contribution in [0.25, 0.3) is 98.8 Å². The van der Waals surface area contributed by atoms with E-state index in [0.29, 0.717) is 0 Å². The van der Waals surface area contributed by atoms with E-state index in [1.807, 2.05) is 57.7 Å². The minimum Gasteiger partial charge on any atom is -0.309 e. The van der Waals surface area contributed by atoms with Gasteiger partial charge < -0.3 is 9.13 Å². The second-order valence-corrected chi connectivity index (χ2v) is 14.5. The van der Waals surface area contributed by atoms with Gasteiger partial charge in [0.15, 0.2) is 0 Å². The first kappa shape index (κ1) is 21.0. The highest BCUT2D eigenvalue weighted by atomic mass is 15.0. The van der Waals surface area contributed by atoms with Gasteiger partial charge in [0.05, 0.1) is 35.8 Å². The van der Waals surface area contributed by atoms with Crippen molar-refractivity contribution in [2.24, 2.45) is 0 Å². The van der Waals surface area contributed by atoms with Crippen LogP contribution in [0.1, 0.15) is 19.3 Å². The molecule has 0 unspecified atom stereocenters. The lowest BCUT2D eigenvalue weighted by Crippen LogP contribution is -2.57. The number of aromatic nitrogens is 2. The lowest BCUT2D eigenvalue weighted by Gasteiger charge is -2.35. The van der Waals surface area contributed by atoms with E-state index in [4.69, 9.17) is 13.7 Å². The molecule has 0 saturated carbocycles. The van der Waals surface area contributed by atoms with Crippen LogP contribution in [0.5, 0.6) is 0 Å². The molecule has 2 aliphatic rings. The fraction of sp³-hybridized carbons (Fsp3) is 0.0196. The number of fused-ring (bicyclic) bond motifs is 12. The number of nitrogens with zero attached hydrogens (tertiary/aromatic N) is 2. The molecule has 4 heterocycles. The Balaban J connectivity index is 1.19. The van der Waals surface area contributed by atoms with Gasteiger partial charge in [-0.25, -0.2) is 0 Å². The van der Waals surface area contributed by atoms with Gasteiger partial charge in [-0.05, 0) is 93.9 Å². The zero-order valence-corrected chi connectivity index (χ0v) is 28.9. The Morgan fingerprint density at radius 1 is 0.444 bits per heavy atom. The Bertz CT molecular complexity index is 3740. The molecule has 0 fully saturated rings. The molecule has 2 aromatic heterocycles. The molecule has 2 aliphatic heterocycles. The first-order valence-corrected chi connectivity index (χ1v) is 18.2. The second-order valence-electron chi connectivity index (χ2n) is 14.5. The second kappa shape index (κ2) is 10.2. The number of para-hydroxylation sites is 4. The molecule has 0 amide bonds. The van der Waals surface area contributed by atoms with Crippen LogP contribution in [0.3, 0.4) is 0 Å². The third-order valence-electron chi connectivity index (χ3n) is 11.9. The van der Waals surface area contributed by atoms with Crippen molar-refractivity contribution in [1.29, 1.82) is 0 Å². The average molecular weight is 693 g/mol. The predicted octanol–water partition coefficient (Wildman–Crippen LogP) is 11.0. The van der Waals surface area contributed by atoms with Crippen LogP contribution in [0, 0.1) is 6.92 Å². The van der Waals surface area contributed by atoms with Gasteiger partial charge in [0.25, 0.3) is 0 Å². The van der Waals surface area contributed by atoms with E-state index in [0.717, 1.165) is 104 Å². The number of aryl methyl sites for hydroxylation is 1. The Labute approximate surface area is 326 Å². The quantitative estimate of drug-likeness (QED) is 0.160. The summed E-state index contributed by atoms with van der Waals surface area (Å²) in [4.78, 5) is 0. The smallest absolute Gasteiger partial charge is 0.244 e. The molecule has 0 bridgehead atoms. The molecule has 54 heavy (non-hydrogen) atoms. The summed E-state index contributed by atoms with van der Waals surface area (Å²) in [6, 6.07) is 33.8. The fourth-order valence-corrected chi connectivity index (χ4v) is 10.0.